The van der Waals surface area contributed by atoms with Crippen molar-refractivity contribution in [1.29, 1.82) is 0 Å². The first-order valence-electron chi connectivity index (χ1n) is 11.1. The Morgan fingerprint density at radius 2 is 2.03 bits per heavy atom. The number of aromatic nitrogens is 3. The van der Waals surface area contributed by atoms with Gasteiger partial charge >= 0.3 is 0 Å². The minimum Gasteiger partial charge on any atom is -0.366 e. The molecule has 0 bridgehead atoms. The highest BCUT2D eigenvalue weighted by atomic mass is 19.1. The summed E-state index contributed by atoms with van der Waals surface area (Å²) in [7, 11) is 3.64. The number of amides is 2. The third-order valence-electron chi connectivity index (χ3n) is 7.36. The number of nitrogens with one attached hydrogen (secondary N) is 1. The minimum atomic E-state index is -0.682. The number of imidazole rings is 1. The van der Waals surface area contributed by atoms with Crippen LogP contribution >= 0.6 is 0 Å². The zero-order valence-corrected chi connectivity index (χ0v) is 18.7. The Morgan fingerprint density at radius 3 is 2.69 bits per heavy atom. The Hall–Kier alpha value is -2.94. The predicted octanol–water partition coefficient (Wildman–Crippen LogP) is 2.13. The Labute approximate surface area is 185 Å². The maximum absolute atomic E-state index is 14.0. The summed E-state index contributed by atoms with van der Waals surface area (Å²) in [4.78, 5) is 31.4. The van der Waals surface area contributed by atoms with E-state index in [-0.39, 0.29) is 22.8 Å². The summed E-state index contributed by atoms with van der Waals surface area (Å²) in [5.41, 5.74) is 8.38. The van der Waals surface area contributed by atoms with E-state index in [4.69, 9.17) is 5.73 Å². The average molecular weight is 441 g/mol. The Bertz CT molecular complexity index is 1220. The van der Waals surface area contributed by atoms with Crippen LogP contribution in [0, 0.1) is 17.7 Å². The molecule has 2 unspecified atom stereocenters. The molecule has 2 atom stereocenters. The molecule has 3 aromatic rings. The van der Waals surface area contributed by atoms with E-state index >= 15 is 0 Å². The molecule has 0 spiro atoms. The van der Waals surface area contributed by atoms with Crippen LogP contribution in [0.1, 0.15) is 42.1 Å². The molecular weight excluding hydrogens is 411 g/mol. The van der Waals surface area contributed by atoms with Crippen LogP contribution in [0.5, 0.6) is 0 Å². The Balaban J connectivity index is 1.36. The number of carbonyl (C=O) groups excluding carboxylic acids is 2. The van der Waals surface area contributed by atoms with Gasteiger partial charge in [-0.2, -0.15) is 5.10 Å². The van der Waals surface area contributed by atoms with Crippen molar-refractivity contribution in [2.75, 3.05) is 33.7 Å². The summed E-state index contributed by atoms with van der Waals surface area (Å²) in [6.07, 6.45) is 4.75. The van der Waals surface area contributed by atoms with Gasteiger partial charge in [-0.3, -0.25) is 9.59 Å². The molecule has 2 aliphatic rings. The molecule has 9 heteroatoms. The smallest absolute Gasteiger partial charge is 0.251 e. The highest BCUT2D eigenvalue weighted by Gasteiger charge is 2.45. The van der Waals surface area contributed by atoms with Crippen molar-refractivity contribution in [3.63, 3.8) is 0 Å². The lowest BCUT2D eigenvalue weighted by molar-refractivity contribution is -0.130. The lowest BCUT2D eigenvalue weighted by Gasteiger charge is -2.39. The summed E-state index contributed by atoms with van der Waals surface area (Å²) in [6.45, 7) is 5.11. The standard InChI is InChI=1S/C23H29FN6O2/c1-23(4-6-29(7-5-23)12-13-8-15(13)22(32)28(2)3)17-11-26-30-19-16(20(25)31)9-14(24)10-18(19)27-21(17)30/h9-11,13,15,27H,4-8,12H2,1-3H3,(H2,25,31). The van der Waals surface area contributed by atoms with Crippen molar-refractivity contribution in [3.8, 4) is 0 Å². The number of nitrogens with zero attached hydrogens (tertiary/aromatic N) is 4. The second-order valence-corrected chi connectivity index (χ2v) is 9.85. The van der Waals surface area contributed by atoms with Crippen LogP contribution in [0.2, 0.25) is 0 Å². The van der Waals surface area contributed by atoms with E-state index in [1.54, 1.807) is 9.42 Å². The van der Waals surface area contributed by atoms with E-state index in [0.717, 1.165) is 56.2 Å². The Morgan fingerprint density at radius 1 is 1.31 bits per heavy atom. The first-order chi connectivity index (χ1) is 15.2. The van der Waals surface area contributed by atoms with Gasteiger partial charge in [-0.1, -0.05) is 6.92 Å². The molecule has 1 saturated heterocycles. The summed E-state index contributed by atoms with van der Waals surface area (Å²) in [5, 5.41) is 4.52. The van der Waals surface area contributed by atoms with Crippen LogP contribution < -0.4 is 5.73 Å². The summed E-state index contributed by atoms with van der Waals surface area (Å²) in [5.74, 6) is -0.307. The fourth-order valence-corrected chi connectivity index (χ4v) is 5.23. The molecule has 2 amide bonds. The van der Waals surface area contributed by atoms with Crippen molar-refractivity contribution in [2.45, 2.75) is 31.6 Å². The van der Waals surface area contributed by atoms with E-state index in [2.05, 4.69) is 21.9 Å². The maximum atomic E-state index is 14.0. The molecule has 0 radical (unpaired) electrons. The number of nitrogens with two attached hydrogens (primary N) is 1. The second-order valence-electron chi connectivity index (χ2n) is 9.85. The zero-order chi connectivity index (χ0) is 22.8. The molecule has 3 heterocycles. The van der Waals surface area contributed by atoms with Crippen molar-refractivity contribution in [3.05, 3.63) is 35.3 Å². The number of hydrogen-bond donors (Lipinski definition) is 2. The number of halogens is 1. The van der Waals surface area contributed by atoms with Crippen LogP contribution in [0.4, 0.5) is 4.39 Å². The first-order valence-corrected chi connectivity index (χ1v) is 11.1. The summed E-state index contributed by atoms with van der Waals surface area (Å²) in [6, 6.07) is 2.53. The molecular formula is C23H29FN6O2. The van der Waals surface area contributed by atoms with Gasteiger partial charge in [0, 0.05) is 37.5 Å². The average Bonchev–Trinajstić information content (AvgIpc) is 3.22. The van der Waals surface area contributed by atoms with E-state index < -0.39 is 11.7 Å². The van der Waals surface area contributed by atoms with Gasteiger partial charge in [-0.25, -0.2) is 8.91 Å². The lowest BCUT2D eigenvalue weighted by atomic mass is 9.75. The molecule has 1 aromatic carbocycles. The number of piperidine rings is 1. The summed E-state index contributed by atoms with van der Waals surface area (Å²) >= 11 is 0. The van der Waals surface area contributed by atoms with Crippen LogP contribution in [-0.4, -0.2) is 69.9 Å². The molecule has 32 heavy (non-hydrogen) atoms. The highest BCUT2D eigenvalue weighted by molar-refractivity contribution is 6.05. The fraction of sp³-hybridized carbons (Fsp3) is 0.522. The fourth-order valence-electron chi connectivity index (χ4n) is 5.23. The van der Waals surface area contributed by atoms with Crippen molar-refractivity contribution in [2.24, 2.45) is 17.6 Å². The topological polar surface area (TPSA) is 99.7 Å². The lowest BCUT2D eigenvalue weighted by Crippen LogP contribution is -2.42. The van der Waals surface area contributed by atoms with Crippen LogP contribution in [0.3, 0.4) is 0 Å². The highest BCUT2D eigenvalue weighted by Crippen LogP contribution is 2.43. The number of H-pyrrole nitrogens is 1. The zero-order valence-electron chi connectivity index (χ0n) is 18.7. The third kappa shape index (κ3) is 3.35. The van der Waals surface area contributed by atoms with E-state index in [9.17, 15) is 14.0 Å². The van der Waals surface area contributed by atoms with E-state index in [1.165, 1.54) is 6.07 Å². The van der Waals surface area contributed by atoms with Gasteiger partial charge in [-0.15, -0.1) is 0 Å². The SMILES string of the molecule is CN(C)C(=O)C1CC1CN1CCC(C)(c2cnn3c2[nH]c2cc(F)cc(C(N)=O)c23)CC1. The largest absolute Gasteiger partial charge is 0.366 e. The van der Waals surface area contributed by atoms with Gasteiger partial charge in [0.15, 0.2) is 0 Å². The minimum absolute atomic E-state index is 0.0903. The molecule has 1 saturated carbocycles. The number of rotatable bonds is 5. The van der Waals surface area contributed by atoms with Crippen LogP contribution in [0.25, 0.3) is 16.7 Å². The number of benzene rings is 1. The predicted molar refractivity (Wildman–Crippen MR) is 119 cm³/mol. The first kappa shape index (κ1) is 20.9. The molecule has 170 valence electrons. The molecule has 5 rings (SSSR count). The van der Waals surface area contributed by atoms with Gasteiger partial charge in [0.05, 0.1) is 17.3 Å². The second kappa shape index (κ2) is 7.30. The molecule has 2 aromatic heterocycles. The number of fused-ring (bicyclic) bond motifs is 3. The Kier molecular flexibility index (Phi) is 4.77. The van der Waals surface area contributed by atoms with Crippen molar-refractivity contribution >= 4 is 28.5 Å². The van der Waals surface area contributed by atoms with Crippen molar-refractivity contribution in [1.82, 2.24) is 24.4 Å². The molecule has 1 aliphatic heterocycles. The number of aromatic amines is 1. The van der Waals surface area contributed by atoms with Gasteiger partial charge in [-0.05, 0) is 50.4 Å². The van der Waals surface area contributed by atoms with E-state index in [1.807, 2.05) is 20.3 Å². The maximum Gasteiger partial charge on any atom is 0.251 e. The molecule has 1 aliphatic carbocycles. The van der Waals surface area contributed by atoms with Gasteiger partial charge in [0.1, 0.15) is 17.0 Å². The van der Waals surface area contributed by atoms with Gasteiger partial charge in [0.2, 0.25) is 5.91 Å². The van der Waals surface area contributed by atoms with Crippen LogP contribution in [0.15, 0.2) is 18.3 Å². The summed E-state index contributed by atoms with van der Waals surface area (Å²) < 4.78 is 15.7. The number of likely N-dealkylation sites (tertiary alicyclic amines) is 1. The van der Waals surface area contributed by atoms with Gasteiger partial charge in [0.25, 0.3) is 5.91 Å². The molecule has 8 nitrogen and oxygen atoms in total. The molecule has 2 fully saturated rings. The number of primary amides is 1. The van der Waals surface area contributed by atoms with Crippen LogP contribution in [-0.2, 0) is 10.2 Å². The molecule has 3 N–H and O–H groups in total. The van der Waals surface area contributed by atoms with Crippen molar-refractivity contribution < 1.29 is 14.0 Å². The normalized spacial score (nSPS) is 23.0. The number of carbonyl (C=O) groups is 2. The monoisotopic (exact) mass is 440 g/mol. The third-order valence-corrected chi connectivity index (χ3v) is 7.36. The van der Waals surface area contributed by atoms with Gasteiger partial charge < -0.3 is 20.5 Å². The number of hydrogen-bond acceptors (Lipinski definition) is 4. The quantitative estimate of drug-likeness (QED) is 0.635. The van der Waals surface area contributed by atoms with E-state index in [0.29, 0.717) is 17.0 Å².